The fraction of sp³-hybridized carbons (Fsp3) is 0.632. The first-order valence-electron chi connectivity index (χ1n) is 9.22. The molecule has 0 bridgehead atoms. The van der Waals surface area contributed by atoms with Crippen LogP contribution in [0.15, 0.2) is 24.3 Å². The Bertz CT molecular complexity index is 501. The second-order valence-corrected chi connectivity index (χ2v) is 6.13. The number of rotatable bonds is 13. The van der Waals surface area contributed by atoms with Crippen LogP contribution < -0.4 is 4.74 Å². The number of unbranched alkanes of at least 4 members (excludes halogenated alkanes) is 9. The summed E-state index contributed by atoms with van der Waals surface area (Å²) in [7, 11) is 0. The van der Waals surface area contributed by atoms with Gasteiger partial charge in [-0.1, -0.05) is 64.7 Å². The van der Waals surface area contributed by atoms with E-state index in [1.807, 2.05) is 0 Å². The smallest absolute Gasteiger partial charge is 0.434 e. The molecule has 1 aromatic rings. The lowest BCUT2D eigenvalue weighted by Crippen LogP contribution is -2.11. The third-order valence-corrected chi connectivity index (χ3v) is 3.97. The first kappa shape index (κ1) is 20.9. The zero-order valence-corrected chi connectivity index (χ0v) is 15.1. The quantitative estimate of drug-likeness (QED) is 0.142. The van der Waals surface area contributed by atoms with E-state index in [-0.39, 0.29) is 11.4 Å². The Morgan fingerprint density at radius 2 is 1.44 bits per heavy atom. The fourth-order valence-corrected chi connectivity index (χ4v) is 2.51. The molecule has 0 N–H and O–H groups in total. The number of nitro groups is 1. The maximum atomic E-state index is 11.5. The molecule has 6 heteroatoms. The van der Waals surface area contributed by atoms with Crippen LogP contribution in [0.1, 0.15) is 71.1 Å². The van der Waals surface area contributed by atoms with Crippen LogP contribution in [0, 0.1) is 10.1 Å². The van der Waals surface area contributed by atoms with Crippen molar-refractivity contribution in [2.75, 3.05) is 6.61 Å². The number of hydrogen-bond acceptors (Lipinski definition) is 5. The Hall–Kier alpha value is -2.11. The number of ether oxygens (including phenoxy) is 2. The Morgan fingerprint density at radius 1 is 0.920 bits per heavy atom. The van der Waals surface area contributed by atoms with Crippen molar-refractivity contribution in [1.29, 1.82) is 0 Å². The summed E-state index contributed by atoms with van der Waals surface area (Å²) in [4.78, 5) is 21.5. The number of non-ortho nitro benzene ring substituents is 1. The SMILES string of the molecule is CCCCCCCCCCCCOC(=O)Oc1ccc([N+](=O)[O-])cc1. The third kappa shape index (κ3) is 10.4. The number of nitro benzene ring substituents is 1. The standard InChI is InChI=1S/C19H29NO5/c1-2-3-4-5-6-7-8-9-10-11-16-24-19(21)25-18-14-12-17(13-15-18)20(22)23/h12-15H,2-11,16H2,1H3. The van der Waals surface area contributed by atoms with E-state index < -0.39 is 11.1 Å². The monoisotopic (exact) mass is 351 g/mol. The van der Waals surface area contributed by atoms with E-state index in [0.29, 0.717) is 6.61 Å². The minimum Gasteiger partial charge on any atom is -0.434 e. The van der Waals surface area contributed by atoms with Gasteiger partial charge in [0.1, 0.15) is 5.75 Å². The number of benzene rings is 1. The minimum atomic E-state index is -0.773. The van der Waals surface area contributed by atoms with Gasteiger partial charge in [-0.05, 0) is 18.6 Å². The molecule has 140 valence electrons. The van der Waals surface area contributed by atoms with Crippen LogP contribution in [0.5, 0.6) is 5.75 Å². The van der Waals surface area contributed by atoms with Crippen molar-refractivity contribution >= 4 is 11.8 Å². The molecule has 1 aromatic carbocycles. The van der Waals surface area contributed by atoms with Crippen LogP contribution in [0.2, 0.25) is 0 Å². The Kier molecular flexibility index (Phi) is 11.1. The number of hydrogen-bond donors (Lipinski definition) is 0. The van der Waals surface area contributed by atoms with Gasteiger partial charge in [0, 0.05) is 12.1 Å². The van der Waals surface area contributed by atoms with E-state index in [0.717, 1.165) is 19.3 Å². The van der Waals surface area contributed by atoms with Crippen molar-refractivity contribution in [3.05, 3.63) is 34.4 Å². The van der Waals surface area contributed by atoms with Crippen LogP contribution in [0.3, 0.4) is 0 Å². The first-order valence-corrected chi connectivity index (χ1v) is 9.22. The first-order chi connectivity index (χ1) is 12.1. The summed E-state index contributed by atoms with van der Waals surface area (Å²) in [5, 5.41) is 10.5. The summed E-state index contributed by atoms with van der Waals surface area (Å²) < 4.78 is 9.96. The molecular weight excluding hydrogens is 322 g/mol. The van der Waals surface area contributed by atoms with Crippen LogP contribution >= 0.6 is 0 Å². The van der Waals surface area contributed by atoms with E-state index in [1.165, 1.54) is 69.2 Å². The van der Waals surface area contributed by atoms with Crippen molar-refractivity contribution in [3.8, 4) is 5.75 Å². The van der Waals surface area contributed by atoms with Gasteiger partial charge in [-0.2, -0.15) is 0 Å². The summed E-state index contributed by atoms with van der Waals surface area (Å²) in [6, 6.07) is 5.32. The molecule has 0 atom stereocenters. The average Bonchev–Trinajstić information content (AvgIpc) is 2.60. The Balaban J connectivity index is 1.99. The summed E-state index contributed by atoms with van der Waals surface area (Å²) in [6.07, 6.45) is 11.4. The van der Waals surface area contributed by atoms with Crippen molar-refractivity contribution < 1.29 is 19.2 Å². The fourth-order valence-electron chi connectivity index (χ4n) is 2.51. The molecule has 0 amide bonds. The molecule has 0 aliphatic heterocycles. The molecule has 25 heavy (non-hydrogen) atoms. The van der Waals surface area contributed by atoms with E-state index in [2.05, 4.69) is 6.92 Å². The number of carbonyl (C=O) groups excluding carboxylic acids is 1. The summed E-state index contributed by atoms with van der Waals surface area (Å²) in [5.74, 6) is 0.235. The van der Waals surface area contributed by atoms with Gasteiger partial charge < -0.3 is 9.47 Å². The minimum absolute atomic E-state index is 0.0499. The van der Waals surface area contributed by atoms with Gasteiger partial charge in [0.05, 0.1) is 11.5 Å². The zero-order chi connectivity index (χ0) is 18.3. The predicted octanol–water partition coefficient (Wildman–Crippen LogP) is 6.03. The molecule has 6 nitrogen and oxygen atoms in total. The number of carbonyl (C=O) groups is 1. The van der Waals surface area contributed by atoms with Gasteiger partial charge in [0.25, 0.3) is 5.69 Å². The topological polar surface area (TPSA) is 78.7 Å². The van der Waals surface area contributed by atoms with Gasteiger partial charge >= 0.3 is 6.16 Å². The van der Waals surface area contributed by atoms with E-state index in [4.69, 9.17) is 9.47 Å². The van der Waals surface area contributed by atoms with Crippen molar-refractivity contribution in [2.45, 2.75) is 71.1 Å². The molecule has 0 radical (unpaired) electrons. The van der Waals surface area contributed by atoms with Crippen molar-refractivity contribution in [3.63, 3.8) is 0 Å². The second-order valence-electron chi connectivity index (χ2n) is 6.13. The average molecular weight is 351 g/mol. The third-order valence-electron chi connectivity index (χ3n) is 3.97. The Morgan fingerprint density at radius 3 is 1.96 bits per heavy atom. The van der Waals surface area contributed by atoms with Gasteiger partial charge in [0.2, 0.25) is 0 Å². The second kappa shape index (κ2) is 13.2. The van der Waals surface area contributed by atoms with Gasteiger partial charge in [-0.3, -0.25) is 10.1 Å². The highest BCUT2D eigenvalue weighted by Crippen LogP contribution is 2.17. The zero-order valence-electron chi connectivity index (χ0n) is 15.1. The molecule has 0 saturated heterocycles. The highest BCUT2D eigenvalue weighted by Gasteiger charge is 2.08. The van der Waals surface area contributed by atoms with E-state index in [1.54, 1.807) is 0 Å². The lowest BCUT2D eigenvalue weighted by Gasteiger charge is -2.06. The highest BCUT2D eigenvalue weighted by atomic mass is 16.7. The van der Waals surface area contributed by atoms with E-state index in [9.17, 15) is 14.9 Å². The van der Waals surface area contributed by atoms with Crippen LogP contribution in [-0.2, 0) is 4.74 Å². The highest BCUT2D eigenvalue weighted by molar-refractivity contribution is 5.63. The molecule has 0 heterocycles. The van der Waals surface area contributed by atoms with E-state index >= 15 is 0 Å². The molecule has 0 saturated carbocycles. The van der Waals surface area contributed by atoms with Crippen LogP contribution in [0.4, 0.5) is 10.5 Å². The van der Waals surface area contributed by atoms with Gasteiger partial charge in [0.15, 0.2) is 0 Å². The Labute approximate surface area is 149 Å². The molecule has 0 aliphatic carbocycles. The lowest BCUT2D eigenvalue weighted by molar-refractivity contribution is -0.384. The van der Waals surface area contributed by atoms with Crippen LogP contribution in [-0.4, -0.2) is 17.7 Å². The summed E-state index contributed by atoms with van der Waals surface area (Å²) in [6.45, 7) is 2.56. The largest absolute Gasteiger partial charge is 0.513 e. The maximum absolute atomic E-state index is 11.5. The normalized spacial score (nSPS) is 10.4. The summed E-state index contributed by atoms with van der Waals surface area (Å²) >= 11 is 0. The molecule has 0 spiro atoms. The van der Waals surface area contributed by atoms with Crippen molar-refractivity contribution in [1.82, 2.24) is 0 Å². The van der Waals surface area contributed by atoms with Gasteiger partial charge in [-0.25, -0.2) is 4.79 Å². The molecule has 0 aliphatic rings. The maximum Gasteiger partial charge on any atom is 0.513 e. The van der Waals surface area contributed by atoms with Gasteiger partial charge in [-0.15, -0.1) is 0 Å². The number of nitrogens with zero attached hydrogens (tertiary/aromatic N) is 1. The predicted molar refractivity (Wildman–Crippen MR) is 96.9 cm³/mol. The molecular formula is C19H29NO5. The molecule has 0 unspecified atom stereocenters. The van der Waals surface area contributed by atoms with Crippen molar-refractivity contribution in [2.24, 2.45) is 0 Å². The molecule has 0 aromatic heterocycles. The molecule has 1 rings (SSSR count). The summed E-state index contributed by atoms with van der Waals surface area (Å²) in [5.41, 5.74) is -0.0499. The molecule has 0 fully saturated rings. The lowest BCUT2D eigenvalue weighted by atomic mass is 10.1. The van der Waals surface area contributed by atoms with Crippen LogP contribution in [0.25, 0.3) is 0 Å².